The largest absolute Gasteiger partial charge is 0.495 e. The zero-order valence-electron chi connectivity index (χ0n) is 18.2. The Morgan fingerprint density at radius 1 is 1.17 bits per heavy atom. The molecule has 1 aliphatic rings. The van der Waals surface area contributed by atoms with Gasteiger partial charge >= 0.3 is 6.18 Å². The fourth-order valence-electron chi connectivity index (χ4n) is 3.79. The highest BCUT2D eigenvalue weighted by molar-refractivity contribution is 9.10. The molecule has 4 rings (SSSR count). The van der Waals surface area contributed by atoms with E-state index in [0.29, 0.717) is 10.2 Å². The molecule has 2 N–H and O–H groups in total. The molecule has 2 heterocycles. The van der Waals surface area contributed by atoms with Gasteiger partial charge in [-0.15, -0.1) is 0 Å². The first kappa shape index (κ1) is 25.5. The van der Waals surface area contributed by atoms with E-state index < -0.39 is 24.2 Å². The summed E-state index contributed by atoms with van der Waals surface area (Å²) in [6, 6.07) is 7.05. The number of nitrogens with zero attached hydrogens (tertiary/aromatic N) is 2. The van der Waals surface area contributed by atoms with E-state index in [1.807, 2.05) is 0 Å². The molecule has 0 fully saturated rings. The van der Waals surface area contributed by atoms with E-state index in [9.17, 15) is 18.0 Å². The van der Waals surface area contributed by atoms with Gasteiger partial charge in [-0.1, -0.05) is 51.3 Å². The molecule has 186 valence electrons. The van der Waals surface area contributed by atoms with Crippen LogP contribution >= 0.6 is 39.1 Å². The van der Waals surface area contributed by atoms with Crippen LogP contribution in [0.25, 0.3) is 0 Å². The average Bonchev–Trinajstić information content (AvgIpc) is 3.15. The second-order valence-electron chi connectivity index (χ2n) is 7.64. The smallest absolute Gasteiger partial charge is 0.410 e. The highest BCUT2D eigenvalue weighted by atomic mass is 79.9. The van der Waals surface area contributed by atoms with Crippen molar-refractivity contribution in [1.82, 2.24) is 9.78 Å². The Labute approximate surface area is 216 Å². The van der Waals surface area contributed by atoms with Crippen LogP contribution in [0, 0.1) is 0 Å². The minimum absolute atomic E-state index is 0.0982. The van der Waals surface area contributed by atoms with Crippen molar-refractivity contribution in [3.8, 4) is 11.5 Å². The van der Waals surface area contributed by atoms with Gasteiger partial charge in [0.1, 0.15) is 22.3 Å². The number of methoxy groups -OCH3 is 2. The lowest BCUT2D eigenvalue weighted by atomic mass is 9.97. The highest BCUT2D eigenvalue weighted by Gasteiger charge is 2.48. The van der Waals surface area contributed by atoms with Gasteiger partial charge < -0.3 is 20.1 Å². The van der Waals surface area contributed by atoms with Crippen LogP contribution in [0.15, 0.2) is 40.9 Å². The molecule has 0 bridgehead atoms. The number of alkyl halides is 3. The fourth-order valence-corrected chi connectivity index (χ4v) is 4.55. The lowest BCUT2D eigenvalue weighted by Gasteiger charge is -2.33. The summed E-state index contributed by atoms with van der Waals surface area (Å²) in [7, 11) is 2.76. The molecule has 1 amide bonds. The average molecular weight is 594 g/mol. The number of anilines is 2. The molecule has 0 radical (unpaired) electrons. The van der Waals surface area contributed by atoms with Crippen molar-refractivity contribution in [2.75, 3.05) is 24.9 Å². The molecule has 1 aromatic heterocycles. The molecule has 1 aliphatic heterocycles. The van der Waals surface area contributed by atoms with Gasteiger partial charge in [-0.05, 0) is 17.7 Å². The van der Waals surface area contributed by atoms with Crippen molar-refractivity contribution < 1.29 is 27.4 Å². The van der Waals surface area contributed by atoms with Crippen LogP contribution in [0.3, 0.4) is 0 Å². The highest BCUT2D eigenvalue weighted by Crippen LogP contribution is 2.46. The van der Waals surface area contributed by atoms with Crippen LogP contribution in [0.4, 0.5) is 24.7 Å². The maximum atomic E-state index is 14.0. The topological polar surface area (TPSA) is 77.4 Å². The number of rotatable bonds is 5. The van der Waals surface area contributed by atoms with Gasteiger partial charge in [0.05, 0.1) is 31.0 Å². The summed E-state index contributed by atoms with van der Waals surface area (Å²) < 4.78 is 53.9. The summed E-state index contributed by atoms with van der Waals surface area (Å²) >= 11 is 15.8. The SMILES string of the molecule is COc1cc(NC(=O)c2nn3c(c2Cl)NC(c2ccc(Br)cc2)CC3C(F)(F)F)c(OC)cc1Cl. The third kappa shape index (κ3) is 5.03. The van der Waals surface area contributed by atoms with Gasteiger partial charge in [-0.3, -0.25) is 4.79 Å². The van der Waals surface area contributed by atoms with Gasteiger partial charge in [-0.2, -0.15) is 18.3 Å². The molecule has 0 aliphatic carbocycles. The zero-order valence-corrected chi connectivity index (χ0v) is 21.3. The molecule has 0 spiro atoms. The monoisotopic (exact) mass is 592 g/mol. The first-order valence-electron chi connectivity index (χ1n) is 10.1. The van der Waals surface area contributed by atoms with E-state index in [4.69, 9.17) is 32.7 Å². The predicted molar refractivity (Wildman–Crippen MR) is 130 cm³/mol. The third-order valence-corrected chi connectivity index (χ3v) is 6.69. The first-order chi connectivity index (χ1) is 16.5. The Morgan fingerprint density at radius 2 is 1.83 bits per heavy atom. The minimum Gasteiger partial charge on any atom is -0.495 e. The first-order valence-corrected chi connectivity index (χ1v) is 11.7. The summed E-state index contributed by atoms with van der Waals surface area (Å²) in [5.41, 5.74) is 0.430. The van der Waals surface area contributed by atoms with E-state index in [0.717, 1.165) is 4.47 Å². The predicted octanol–water partition coefficient (Wildman–Crippen LogP) is 6.88. The zero-order chi connectivity index (χ0) is 25.5. The van der Waals surface area contributed by atoms with Gasteiger partial charge in [0, 0.05) is 23.0 Å². The molecule has 13 heteroatoms. The van der Waals surface area contributed by atoms with Crippen molar-refractivity contribution >= 4 is 56.5 Å². The van der Waals surface area contributed by atoms with Crippen LogP contribution < -0.4 is 20.1 Å². The molecule has 0 saturated heterocycles. The van der Waals surface area contributed by atoms with E-state index in [2.05, 4.69) is 31.7 Å². The van der Waals surface area contributed by atoms with Crippen LogP contribution in [0.1, 0.15) is 34.6 Å². The van der Waals surface area contributed by atoms with Crippen molar-refractivity contribution in [2.45, 2.75) is 24.7 Å². The summed E-state index contributed by atoms with van der Waals surface area (Å²) in [5, 5.41) is 9.50. The van der Waals surface area contributed by atoms with E-state index >= 15 is 0 Å². The van der Waals surface area contributed by atoms with Crippen molar-refractivity contribution in [3.05, 3.63) is 62.2 Å². The lowest BCUT2D eigenvalue weighted by Crippen LogP contribution is -2.35. The van der Waals surface area contributed by atoms with Crippen LogP contribution in [-0.2, 0) is 0 Å². The molecule has 3 aromatic rings. The molecule has 2 atom stereocenters. The second-order valence-corrected chi connectivity index (χ2v) is 9.34. The number of amides is 1. The standard InChI is InChI=1S/C22H18BrCl2F3N4O3/c1-34-15-8-14(16(35-2)7-12(15)24)30-21(33)19-18(25)20-29-13(10-3-5-11(23)6-4-10)9-17(22(26,27)28)32(20)31-19/h3-8,13,17,29H,9H2,1-2H3,(H,30,33). The van der Waals surface area contributed by atoms with Crippen LogP contribution in [0.2, 0.25) is 10.0 Å². The Morgan fingerprint density at radius 3 is 2.43 bits per heavy atom. The Balaban J connectivity index is 1.71. The number of fused-ring (bicyclic) bond motifs is 1. The summed E-state index contributed by atoms with van der Waals surface area (Å²) in [6.07, 6.45) is -4.96. The van der Waals surface area contributed by atoms with Crippen LogP contribution in [-0.4, -0.2) is 36.1 Å². The number of benzene rings is 2. The van der Waals surface area contributed by atoms with Crippen molar-refractivity contribution in [2.24, 2.45) is 0 Å². The van der Waals surface area contributed by atoms with E-state index in [1.54, 1.807) is 24.3 Å². The fraction of sp³-hybridized carbons (Fsp3) is 0.273. The van der Waals surface area contributed by atoms with E-state index in [-0.39, 0.29) is 45.2 Å². The third-order valence-electron chi connectivity index (χ3n) is 5.51. The molecule has 7 nitrogen and oxygen atoms in total. The number of carbonyl (C=O) groups excluding carboxylic acids is 1. The van der Waals surface area contributed by atoms with Gasteiger partial charge in [-0.25, -0.2) is 4.68 Å². The van der Waals surface area contributed by atoms with E-state index in [1.165, 1.54) is 26.4 Å². The van der Waals surface area contributed by atoms with Crippen molar-refractivity contribution in [3.63, 3.8) is 0 Å². The molecule has 2 aromatic carbocycles. The minimum atomic E-state index is -4.62. The van der Waals surface area contributed by atoms with Gasteiger partial charge in [0.25, 0.3) is 5.91 Å². The molecule has 2 unspecified atom stereocenters. The maximum absolute atomic E-state index is 14.0. The normalized spacial score (nSPS) is 17.4. The number of hydrogen-bond donors (Lipinski definition) is 2. The number of nitrogens with one attached hydrogen (secondary N) is 2. The lowest BCUT2D eigenvalue weighted by molar-refractivity contribution is -0.173. The van der Waals surface area contributed by atoms with Gasteiger partial charge in [0.2, 0.25) is 0 Å². The Hall–Kier alpha value is -2.63. The van der Waals surface area contributed by atoms with Crippen molar-refractivity contribution in [1.29, 1.82) is 0 Å². The summed E-state index contributed by atoms with van der Waals surface area (Å²) in [5.74, 6) is -0.457. The number of halogens is 6. The summed E-state index contributed by atoms with van der Waals surface area (Å²) in [6.45, 7) is 0. The quantitative estimate of drug-likeness (QED) is 0.337. The number of ether oxygens (including phenoxy) is 2. The van der Waals surface area contributed by atoms with Gasteiger partial charge in [0.15, 0.2) is 11.7 Å². The molecular formula is C22H18BrCl2F3N4O3. The van der Waals surface area contributed by atoms with Crippen LogP contribution in [0.5, 0.6) is 11.5 Å². The molecular weight excluding hydrogens is 576 g/mol. The maximum Gasteiger partial charge on any atom is 0.410 e. The number of hydrogen-bond acceptors (Lipinski definition) is 5. The Kier molecular flexibility index (Phi) is 7.12. The Bertz CT molecular complexity index is 1270. The molecule has 0 saturated carbocycles. The number of aromatic nitrogens is 2. The molecule has 35 heavy (non-hydrogen) atoms. The summed E-state index contributed by atoms with van der Waals surface area (Å²) in [4.78, 5) is 13.0. The second kappa shape index (κ2) is 9.79. The number of carbonyl (C=O) groups is 1.